The third-order valence-corrected chi connectivity index (χ3v) is 4.33. The number of hydrogen-bond acceptors (Lipinski definition) is 3. The Bertz CT molecular complexity index is 869. The van der Waals surface area contributed by atoms with Gasteiger partial charge in [-0.2, -0.15) is 0 Å². The van der Waals surface area contributed by atoms with E-state index in [0.717, 1.165) is 5.56 Å². The summed E-state index contributed by atoms with van der Waals surface area (Å²) in [4.78, 5) is 35.5. The molecule has 6 nitrogen and oxygen atoms in total. The van der Waals surface area contributed by atoms with Gasteiger partial charge in [-0.05, 0) is 30.7 Å². The molecule has 0 saturated carbocycles. The standard InChI is InChI=1S/C22H27N3O3/c1-14-7-6-8-18(9-14)22(4,5)13-23-21(28)17-10-19(24-15(2)26)12-20(11-17)25-16(3)27/h6-12H,13H2,1-5H3,(H,23,28)(H,24,26)(H,25,27). The minimum Gasteiger partial charge on any atom is -0.351 e. The van der Waals surface area contributed by atoms with E-state index in [0.29, 0.717) is 23.5 Å². The van der Waals surface area contributed by atoms with Crippen LogP contribution in [0.2, 0.25) is 0 Å². The van der Waals surface area contributed by atoms with Crippen LogP contribution < -0.4 is 16.0 Å². The van der Waals surface area contributed by atoms with Gasteiger partial charge in [0.1, 0.15) is 0 Å². The van der Waals surface area contributed by atoms with Crippen LogP contribution in [0, 0.1) is 6.92 Å². The molecule has 0 aromatic heterocycles. The molecule has 0 radical (unpaired) electrons. The number of nitrogens with one attached hydrogen (secondary N) is 3. The Kier molecular flexibility index (Phi) is 6.57. The van der Waals surface area contributed by atoms with E-state index < -0.39 is 0 Å². The van der Waals surface area contributed by atoms with Crippen molar-refractivity contribution in [2.75, 3.05) is 17.2 Å². The molecule has 0 saturated heterocycles. The van der Waals surface area contributed by atoms with Crippen molar-refractivity contribution in [2.45, 2.75) is 40.0 Å². The maximum atomic E-state index is 12.7. The largest absolute Gasteiger partial charge is 0.351 e. The fourth-order valence-corrected chi connectivity index (χ4v) is 2.88. The van der Waals surface area contributed by atoms with Gasteiger partial charge in [-0.25, -0.2) is 0 Å². The monoisotopic (exact) mass is 381 g/mol. The van der Waals surface area contributed by atoms with Crippen molar-refractivity contribution < 1.29 is 14.4 Å². The van der Waals surface area contributed by atoms with Gasteiger partial charge in [-0.15, -0.1) is 0 Å². The molecule has 0 aliphatic rings. The SMILES string of the molecule is CC(=O)Nc1cc(NC(C)=O)cc(C(=O)NCC(C)(C)c2cccc(C)c2)c1. The molecular formula is C22H27N3O3. The quantitative estimate of drug-likeness (QED) is 0.714. The van der Waals surface area contributed by atoms with Gasteiger partial charge in [0.2, 0.25) is 11.8 Å². The first kappa shape index (κ1) is 21.2. The first-order chi connectivity index (χ1) is 13.1. The smallest absolute Gasteiger partial charge is 0.251 e. The summed E-state index contributed by atoms with van der Waals surface area (Å²) in [5.41, 5.74) is 3.30. The zero-order valence-electron chi connectivity index (χ0n) is 17.0. The van der Waals surface area contributed by atoms with Crippen LogP contribution in [-0.2, 0) is 15.0 Å². The molecule has 0 aliphatic heterocycles. The van der Waals surface area contributed by atoms with E-state index in [4.69, 9.17) is 0 Å². The summed E-state index contributed by atoms with van der Waals surface area (Å²) in [6, 6.07) is 13.0. The highest BCUT2D eigenvalue weighted by Gasteiger charge is 2.22. The van der Waals surface area contributed by atoms with E-state index in [2.05, 4.69) is 35.9 Å². The molecule has 0 heterocycles. The first-order valence-electron chi connectivity index (χ1n) is 9.12. The second-order valence-corrected chi connectivity index (χ2v) is 7.60. The number of carbonyl (C=O) groups is 3. The molecule has 148 valence electrons. The van der Waals surface area contributed by atoms with Crippen molar-refractivity contribution in [1.82, 2.24) is 5.32 Å². The van der Waals surface area contributed by atoms with Gasteiger partial charge >= 0.3 is 0 Å². The van der Waals surface area contributed by atoms with Crippen LogP contribution >= 0.6 is 0 Å². The molecule has 2 aromatic carbocycles. The Balaban J connectivity index is 2.20. The van der Waals surface area contributed by atoms with Crippen molar-refractivity contribution in [2.24, 2.45) is 0 Å². The fourth-order valence-electron chi connectivity index (χ4n) is 2.88. The number of rotatable bonds is 6. The Morgan fingerprint density at radius 1 is 0.893 bits per heavy atom. The lowest BCUT2D eigenvalue weighted by Gasteiger charge is -2.26. The summed E-state index contributed by atoms with van der Waals surface area (Å²) in [7, 11) is 0. The van der Waals surface area contributed by atoms with E-state index >= 15 is 0 Å². The summed E-state index contributed by atoms with van der Waals surface area (Å²) < 4.78 is 0. The normalized spacial score (nSPS) is 10.9. The summed E-state index contributed by atoms with van der Waals surface area (Å²) in [5, 5.41) is 8.25. The second kappa shape index (κ2) is 8.69. The van der Waals surface area contributed by atoms with Gasteiger partial charge in [-0.1, -0.05) is 43.7 Å². The number of amides is 3. The lowest BCUT2D eigenvalue weighted by molar-refractivity contribution is -0.115. The molecule has 0 spiro atoms. The van der Waals surface area contributed by atoms with Crippen LogP contribution in [0.1, 0.15) is 49.2 Å². The topological polar surface area (TPSA) is 87.3 Å². The van der Waals surface area contributed by atoms with Gasteiger partial charge < -0.3 is 16.0 Å². The van der Waals surface area contributed by atoms with Gasteiger partial charge in [0.25, 0.3) is 5.91 Å². The highest BCUT2D eigenvalue weighted by molar-refractivity contribution is 6.00. The van der Waals surface area contributed by atoms with E-state index in [9.17, 15) is 14.4 Å². The molecule has 0 atom stereocenters. The lowest BCUT2D eigenvalue weighted by atomic mass is 9.84. The molecule has 0 aliphatic carbocycles. The minimum absolute atomic E-state index is 0.253. The third-order valence-electron chi connectivity index (χ3n) is 4.33. The van der Waals surface area contributed by atoms with Crippen molar-refractivity contribution in [3.05, 3.63) is 59.2 Å². The third kappa shape index (κ3) is 5.94. The summed E-state index contributed by atoms with van der Waals surface area (Å²) in [6.07, 6.45) is 0. The highest BCUT2D eigenvalue weighted by atomic mass is 16.2. The molecule has 3 amide bonds. The Morgan fingerprint density at radius 2 is 1.46 bits per heavy atom. The molecule has 28 heavy (non-hydrogen) atoms. The molecular weight excluding hydrogens is 354 g/mol. The van der Waals surface area contributed by atoms with E-state index in [-0.39, 0.29) is 23.1 Å². The number of carbonyl (C=O) groups excluding carboxylic acids is 3. The van der Waals surface area contributed by atoms with E-state index in [1.54, 1.807) is 18.2 Å². The Hall–Kier alpha value is -3.15. The Morgan fingerprint density at radius 3 is 1.96 bits per heavy atom. The van der Waals surface area contributed by atoms with Crippen molar-refractivity contribution in [3.63, 3.8) is 0 Å². The summed E-state index contributed by atoms with van der Waals surface area (Å²) in [5.74, 6) is -0.793. The van der Waals surface area contributed by atoms with E-state index in [1.165, 1.54) is 19.4 Å². The maximum absolute atomic E-state index is 12.7. The Labute approximate surface area is 165 Å². The van der Waals surface area contributed by atoms with E-state index in [1.807, 2.05) is 25.1 Å². The predicted octanol–water partition coefficient (Wildman–Crippen LogP) is 3.62. The van der Waals surface area contributed by atoms with Crippen molar-refractivity contribution >= 4 is 29.1 Å². The minimum atomic E-state index is -0.278. The molecule has 6 heteroatoms. The van der Waals surface area contributed by atoms with Crippen LogP contribution in [-0.4, -0.2) is 24.3 Å². The fraction of sp³-hybridized carbons (Fsp3) is 0.318. The van der Waals surface area contributed by atoms with Crippen LogP contribution in [0.5, 0.6) is 0 Å². The maximum Gasteiger partial charge on any atom is 0.251 e. The van der Waals surface area contributed by atoms with Crippen molar-refractivity contribution in [3.8, 4) is 0 Å². The first-order valence-corrected chi connectivity index (χ1v) is 9.12. The lowest BCUT2D eigenvalue weighted by Crippen LogP contribution is -2.36. The number of aryl methyl sites for hydroxylation is 1. The highest BCUT2D eigenvalue weighted by Crippen LogP contribution is 2.24. The second-order valence-electron chi connectivity index (χ2n) is 7.60. The predicted molar refractivity (Wildman–Crippen MR) is 112 cm³/mol. The molecule has 0 bridgehead atoms. The van der Waals surface area contributed by atoms with Gasteiger partial charge in [0.05, 0.1) is 0 Å². The molecule has 0 unspecified atom stereocenters. The van der Waals surface area contributed by atoms with Crippen LogP contribution in [0.25, 0.3) is 0 Å². The summed E-state index contributed by atoms with van der Waals surface area (Å²) in [6.45, 7) is 9.38. The average Bonchev–Trinajstić information content (AvgIpc) is 2.58. The average molecular weight is 381 g/mol. The number of anilines is 2. The van der Waals surface area contributed by atoms with Gasteiger partial charge in [0, 0.05) is 42.7 Å². The van der Waals surface area contributed by atoms with Gasteiger partial charge in [0.15, 0.2) is 0 Å². The zero-order chi connectivity index (χ0) is 20.9. The molecule has 2 aromatic rings. The molecule has 0 fully saturated rings. The van der Waals surface area contributed by atoms with Crippen LogP contribution in [0.15, 0.2) is 42.5 Å². The van der Waals surface area contributed by atoms with Crippen molar-refractivity contribution in [1.29, 1.82) is 0 Å². The number of benzene rings is 2. The molecule has 2 rings (SSSR count). The van der Waals surface area contributed by atoms with Crippen LogP contribution in [0.4, 0.5) is 11.4 Å². The summed E-state index contributed by atoms with van der Waals surface area (Å²) >= 11 is 0. The number of hydrogen-bond donors (Lipinski definition) is 3. The zero-order valence-corrected chi connectivity index (χ0v) is 17.0. The van der Waals surface area contributed by atoms with Crippen LogP contribution in [0.3, 0.4) is 0 Å². The molecule has 3 N–H and O–H groups in total. The van der Waals surface area contributed by atoms with Gasteiger partial charge in [-0.3, -0.25) is 14.4 Å².